The molecule has 0 atom stereocenters. The number of fused-ring (bicyclic) bond motifs is 1. The summed E-state index contributed by atoms with van der Waals surface area (Å²) in [6.07, 6.45) is 0.243. The molecule has 4 nitrogen and oxygen atoms in total. The molecule has 4 heteroatoms. The van der Waals surface area contributed by atoms with Crippen LogP contribution in [0.25, 0.3) is 11.0 Å². The highest BCUT2D eigenvalue weighted by molar-refractivity contribution is 5.88. The Balaban J connectivity index is 2.29. The Hall–Kier alpha value is -1.84. The van der Waals surface area contributed by atoms with Gasteiger partial charge < -0.3 is 9.84 Å². The number of hydrogen-bond donors (Lipinski definition) is 1. The molecule has 1 aromatic heterocycles. The van der Waals surface area contributed by atoms with Gasteiger partial charge in [0.15, 0.2) is 5.58 Å². The number of nitrogens with zero attached hydrogens (tertiary/aromatic N) is 1. The van der Waals surface area contributed by atoms with Gasteiger partial charge in [-0.3, -0.25) is 4.79 Å². The average Bonchev–Trinajstić information content (AvgIpc) is 2.58. The molecule has 0 aliphatic heterocycles. The van der Waals surface area contributed by atoms with Crippen molar-refractivity contribution in [3.63, 3.8) is 0 Å². The first kappa shape index (κ1) is 13.6. The SMILES string of the molecule is Cc1cc(C)c2onc(CC(=O)NC(C)(C)C)c2c1. The normalized spacial score (nSPS) is 11.8. The zero-order chi connectivity index (χ0) is 14.2. The molecule has 102 valence electrons. The Morgan fingerprint density at radius 2 is 2.00 bits per heavy atom. The summed E-state index contributed by atoms with van der Waals surface area (Å²) in [7, 11) is 0. The van der Waals surface area contributed by atoms with Crippen molar-refractivity contribution in [1.29, 1.82) is 0 Å². The molecule has 0 saturated carbocycles. The number of rotatable bonds is 2. The van der Waals surface area contributed by atoms with Crippen LogP contribution in [0.1, 0.15) is 37.6 Å². The van der Waals surface area contributed by atoms with Crippen LogP contribution < -0.4 is 5.32 Å². The van der Waals surface area contributed by atoms with Crippen LogP contribution in [0, 0.1) is 13.8 Å². The molecule has 0 spiro atoms. The van der Waals surface area contributed by atoms with E-state index in [-0.39, 0.29) is 17.9 Å². The summed E-state index contributed by atoms with van der Waals surface area (Å²) in [4.78, 5) is 11.9. The van der Waals surface area contributed by atoms with Gasteiger partial charge in [0, 0.05) is 10.9 Å². The first-order valence-corrected chi connectivity index (χ1v) is 6.43. The van der Waals surface area contributed by atoms with E-state index >= 15 is 0 Å². The van der Waals surface area contributed by atoms with E-state index < -0.39 is 0 Å². The Bertz CT molecular complexity index is 621. The van der Waals surface area contributed by atoms with E-state index in [0.717, 1.165) is 22.1 Å². The second kappa shape index (κ2) is 4.68. The number of aryl methyl sites for hydroxylation is 2. The maximum atomic E-state index is 11.9. The Kier molecular flexibility index (Phi) is 3.35. The van der Waals surface area contributed by atoms with Crippen LogP contribution in [0.5, 0.6) is 0 Å². The van der Waals surface area contributed by atoms with Crippen molar-refractivity contribution in [2.45, 2.75) is 46.6 Å². The number of nitrogens with one attached hydrogen (secondary N) is 1. The monoisotopic (exact) mass is 260 g/mol. The van der Waals surface area contributed by atoms with E-state index in [0.29, 0.717) is 5.69 Å². The van der Waals surface area contributed by atoms with Crippen molar-refractivity contribution in [1.82, 2.24) is 10.5 Å². The lowest BCUT2D eigenvalue weighted by Gasteiger charge is -2.20. The molecule has 0 saturated heterocycles. The standard InChI is InChI=1S/C15H20N2O2/c1-9-6-10(2)14-11(7-9)12(17-19-14)8-13(18)16-15(3,4)5/h6-7H,8H2,1-5H3,(H,16,18). The number of carbonyl (C=O) groups is 1. The lowest BCUT2D eigenvalue weighted by molar-refractivity contribution is -0.121. The molecule has 0 radical (unpaired) electrons. The highest BCUT2D eigenvalue weighted by Gasteiger charge is 2.18. The van der Waals surface area contributed by atoms with Crippen molar-refractivity contribution in [2.24, 2.45) is 0 Å². The summed E-state index contributed by atoms with van der Waals surface area (Å²) >= 11 is 0. The largest absolute Gasteiger partial charge is 0.356 e. The minimum atomic E-state index is -0.234. The summed E-state index contributed by atoms with van der Waals surface area (Å²) in [5, 5.41) is 7.89. The van der Waals surface area contributed by atoms with Crippen LogP contribution in [-0.2, 0) is 11.2 Å². The zero-order valence-corrected chi connectivity index (χ0v) is 12.1. The highest BCUT2D eigenvalue weighted by atomic mass is 16.5. The molecule has 2 aromatic rings. The zero-order valence-electron chi connectivity index (χ0n) is 12.1. The number of aromatic nitrogens is 1. The molecular weight excluding hydrogens is 240 g/mol. The predicted octanol–water partition coefficient (Wildman–Crippen LogP) is 2.90. The van der Waals surface area contributed by atoms with Crippen molar-refractivity contribution in [2.75, 3.05) is 0 Å². The minimum absolute atomic E-state index is 0.0399. The van der Waals surface area contributed by atoms with Crippen molar-refractivity contribution in [3.05, 3.63) is 29.0 Å². The van der Waals surface area contributed by atoms with Crippen LogP contribution in [0.15, 0.2) is 16.7 Å². The highest BCUT2D eigenvalue weighted by Crippen LogP contribution is 2.24. The first-order valence-electron chi connectivity index (χ1n) is 6.43. The third-order valence-corrected chi connectivity index (χ3v) is 2.82. The molecule has 19 heavy (non-hydrogen) atoms. The van der Waals surface area contributed by atoms with E-state index in [2.05, 4.69) is 10.5 Å². The van der Waals surface area contributed by atoms with Gasteiger partial charge in [0.2, 0.25) is 5.91 Å². The van der Waals surface area contributed by atoms with E-state index in [1.807, 2.05) is 46.8 Å². The molecule has 0 aliphatic carbocycles. The predicted molar refractivity (Wildman–Crippen MR) is 75.1 cm³/mol. The van der Waals surface area contributed by atoms with Crippen LogP contribution in [-0.4, -0.2) is 16.6 Å². The molecule has 2 rings (SSSR count). The quantitative estimate of drug-likeness (QED) is 0.903. The summed E-state index contributed by atoms with van der Waals surface area (Å²) in [5.41, 5.74) is 3.42. The van der Waals surface area contributed by atoms with E-state index in [9.17, 15) is 4.79 Å². The topological polar surface area (TPSA) is 55.1 Å². The van der Waals surface area contributed by atoms with Gasteiger partial charge in [0.25, 0.3) is 0 Å². The van der Waals surface area contributed by atoms with Gasteiger partial charge in [-0.1, -0.05) is 11.2 Å². The maximum absolute atomic E-state index is 11.9. The molecule has 0 fully saturated rings. The molecule has 1 N–H and O–H groups in total. The van der Waals surface area contributed by atoms with Crippen LogP contribution in [0.4, 0.5) is 0 Å². The van der Waals surface area contributed by atoms with E-state index in [1.54, 1.807) is 0 Å². The third kappa shape index (κ3) is 3.13. The summed E-state index contributed by atoms with van der Waals surface area (Å²) in [5.74, 6) is -0.0399. The second-order valence-corrected chi connectivity index (χ2v) is 6.06. The Labute approximate surface area is 113 Å². The van der Waals surface area contributed by atoms with E-state index in [4.69, 9.17) is 4.52 Å². The summed E-state index contributed by atoms with van der Waals surface area (Å²) < 4.78 is 5.34. The van der Waals surface area contributed by atoms with Crippen LogP contribution >= 0.6 is 0 Å². The second-order valence-electron chi connectivity index (χ2n) is 6.06. The fraction of sp³-hybridized carbons (Fsp3) is 0.467. The van der Waals surface area contributed by atoms with Gasteiger partial charge >= 0.3 is 0 Å². The van der Waals surface area contributed by atoms with Gasteiger partial charge in [-0.2, -0.15) is 0 Å². The molecule has 0 aliphatic rings. The number of amides is 1. The fourth-order valence-corrected chi connectivity index (χ4v) is 2.18. The Morgan fingerprint density at radius 1 is 1.32 bits per heavy atom. The van der Waals surface area contributed by atoms with Gasteiger partial charge in [0.1, 0.15) is 5.69 Å². The van der Waals surface area contributed by atoms with Gasteiger partial charge in [-0.25, -0.2) is 0 Å². The lowest BCUT2D eigenvalue weighted by Crippen LogP contribution is -2.41. The van der Waals surface area contributed by atoms with Crippen molar-refractivity contribution >= 4 is 16.9 Å². The fourth-order valence-electron chi connectivity index (χ4n) is 2.18. The van der Waals surface area contributed by atoms with E-state index in [1.165, 1.54) is 0 Å². The number of hydrogen-bond acceptors (Lipinski definition) is 3. The summed E-state index contributed by atoms with van der Waals surface area (Å²) in [6, 6.07) is 4.06. The first-order chi connectivity index (χ1) is 8.76. The van der Waals surface area contributed by atoms with Crippen molar-refractivity contribution in [3.8, 4) is 0 Å². The molecule has 1 aromatic carbocycles. The number of benzene rings is 1. The average molecular weight is 260 g/mol. The third-order valence-electron chi connectivity index (χ3n) is 2.82. The van der Waals surface area contributed by atoms with Crippen LogP contribution in [0.3, 0.4) is 0 Å². The molecule has 0 bridgehead atoms. The maximum Gasteiger partial charge on any atom is 0.226 e. The molecule has 0 unspecified atom stereocenters. The lowest BCUT2D eigenvalue weighted by atomic mass is 10.1. The minimum Gasteiger partial charge on any atom is -0.356 e. The molecule has 1 heterocycles. The molecular formula is C15H20N2O2. The van der Waals surface area contributed by atoms with Crippen molar-refractivity contribution < 1.29 is 9.32 Å². The smallest absolute Gasteiger partial charge is 0.226 e. The van der Waals surface area contributed by atoms with Crippen LogP contribution in [0.2, 0.25) is 0 Å². The Morgan fingerprint density at radius 3 is 2.63 bits per heavy atom. The number of carbonyl (C=O) groups excluding carboxylic acids is 1. The molecule has 1 amide bonds. The van der Waals surface area contributed by atoms with Gasteiger partial charge in [-0.05, 0) is 51.8 Å². The van der Waals surface area contributed by atoms with Gasteiger partial charge in [0.05, 0.1) is 6.42 Å². The van der Waals surface area contributed by atoms with Gasteiger partial charge in [-0.15, -0.1) is 0 Å². The summed E-state index contributed by atoms with van der Waals surface area (Å²) in [6.45, 7) is 9.89.